The molecule has 0 radical (unpaired) electrons. The monoisotopic (exact) mass is 441 g/mol. The number of anilines is 1. The van der Waals surface area contributed by atoms with E-state index in [1.165, 1.54) is 0 Å². The topological polar surface area (TPSA) is 131 Å². The summed E-state index contributed by atoms with van der Waals surface area (Å²) in [5.41, 5.74) is 14.2. The Kier molecular flexibility index (Phi) is 6.81. The molecule has 32 heavy (non-hydrogen) atoms. The first-order valence-electron chi connectivity index (χ1n) is 11.9. The zero-order valence-corrected chi connectivity index (χ0v) is 18.7. The van der Waals surface area contributed by atoms with Gasteiger partial charge in [0, 0.05) is 35.3 Å². The Balaban J connectivity index is 1.55. The summed E-state index contributed by atoms with van der Waals surface area (Å²) in [6.45, 7) is 1.81. The van der Waals surface area contributed by atoms with E-state index in [2.05, 4.69) is 10.6 Å². The highest BCUT2D eigenvalue weighted by molar-refractivity contribution is 6.06. The van der Waals surface area contributed by atoms with Gasteiger partial charge in [0.05, 0.1) is 0 Å². The number of imide groups is 1. The standard InChI is InChI=1S/C24H35N5O3/c25-13-2-1-10-24(11-8-16(14-26)9-12-24)28-19-5-3-4-17-18(19)15-29(23(17)32)20-6-7-21(30)27-22(20)31/h3-5,16,20,28H,1-2,6-15,25-26H2,(H,27,30,31). The minimum absolute atomic E-state index is 0.0267. The van der Waals surface area contributed by atoms with Crippen molar-refractivity contribution in [3.05, 3.63) is 29.3 Å². The Morgan fingerprint density at radius 2 is 1.88 bits per heavy atom. The van der Waals surface area contributed by atoms with Gasteiger partial charge in [-0.25, -0.2) is 0 Å². The molecule has 1 saturated carbocycles. The molecule has 1 unspecified atom stereocenters. The lowest BCUT2D eigenvalue weighted by molar-refractivity contribution is -0.136. The van der Waals surface area contributed by atoms with Crippen molar-refractivity contribution in [1.29, 1.82) is 0 Å². The first kappa shape index (κ1) is 22.7. The molecule has 0 aromatic heterocycles. The van der Waals surface area contributed by atoms with Gasteiger partial charge in [-0.2, -0.15) is 0 Å². The molecule has 2 fully saturated rings. The third-order valence-corrected chi connectivity index (χ3v) is 7.49. The van der Waals surface area contributed by atoms with E-state index < -0.39 is 6.04 Å². The van der Waals surface area contributed by atoms with Crippen molar-refractivity contribution in [2.45, 2.75) is 75.9 Å². The minimum atomic E-state index is -0.598. The number of unbranched alkanes of at least 4 members (excludes halogenated alkanes) is 1. The van der Waals surface area contributed by atoms with Gasteiger partial charge in [0.25, 0.3) is 5.91 Å². The molecule has 6 N–H and O–H groups in total. The van der Waals surface area contributed by atoms with Crippen LogP contribution >= 0.6 is 0 Å². The number of hydrogen-bond acceptors (Lipinski definition) is 6. The number of piperidine rings is 1. The van der Waals surface area contributed by atoms with Crippen molar-refractivity contribution >= 4 is 23.4 Å². The maximum atomic E-state index is 13.1. The SMILES string of the molecule is NCCCCC1(Nc2cccc3c2CN(C2CCC(=O)NC2=O)C3=O)CCC(CN)CC1. The summed E-state index contributed by atoms with van der Waals surface area (Å²) >= 11 is 0. The fourth-order valence-corrected chi connectivity index (χ4v) is 5.50. The molecule has 1 aliphatic carbocycles. The number of amides is 3. The molecule has 1 saturated heterocycles. The summed E-state index contributed by atoms with van der Waals surface area (Å²) in [5, 5.41) is 6.22. The first-order valence-corrected chi connectivity index (χ1v) is 11.9. The molecule has 174 valence electrons. The summed E-state index contributed by atoms with van der Waals surface area (Å²) in [7, 11) is 0. The summed E-state index contributed by atoms with van der Waals surface area (Å²) in [6, 6.07) is 5.19. The van der Waals surface area contributed by atoms with Gasteiger partial charge >= 0.3 is 0 Å². The van der Waals surface area contributed by atoms with E-state index in [1.54, 1.807) is 4.90 Å². The number of benzene rings is 1. The van der Waals surface area contributed by atoms with Gasteiger partial charge in [-0.05, 0) is 82.5 Å². The highest BCUT2D eigenvalue weighted by Gasteiger charge is 2.41. The van der Waals surface area contributed by atoms with E-state index in [1.807, 2.05) is 18.2 Å². The van der Waals surface area contributed by atoms with Crippen molar-refractivity contribution in [2.75, 3.05) is 18.4 Å². The van der Waals surface area contributed by atoms with Gasteiger partial charge < -0.3 is 21.7 Å². The molecule has 1 aromatic carbocycles. The molecular weight excluding hydrogens is 406 g/mol. The van der Waals surface area contributed by atoms with Crippen molar-refractivity contribution in [1.82, 2.24) is 10.2 Å². The van der Waals surface area contributed by atoms with Crippen molar-refractivity contribution < 1.29 is 14.4 Å². The van der Waals surface area contributed by atoms with Crippen LogP contribution in [-0.4, -0.2) is 47.3 Å². The predicted octanol–water partition coefficient (Wildman–Crippen LogP) is 1.88. The number of nitrogens with zero attached hydrogens (tertiary/aromatic N) is 1. The van der Waals surface area contributed by atoms with Crippen LogP contribution in [0.15, 0.2) is 18.2 Å². The van der Waals surface area contributed by atoms with Crippen LogP contribution in [0.4, 0.5) is 5.69 Å². The van der Waals surface area contributed by atoms with Crippen LogP contribution in [-0.2, 0) is 16.1 Å². The van der Waals surface area contributed by atoms with Gasteiger partial charge in [-0.3, -0.25) is 19.7 Å². The number of fused-ring (bicyclic) bond motifs is 1. The molecule has 4 rings (SSSR count). The third kappa shape index (κ3) is 4.52. The first-order chi connectivity index (χ1) is 15.5. The summed E-state index contributed by atoms with van der Waals surface area (Å²) < 4.78 is 0. The zero-order chi connectivity index (χ0) is 22.7. The average Bonchev–Trinajstić information content (AvgIpc) is 3.12. The van der Waals surface area contributed by atoms with Crippen molar-refractivity contribution in [2.24, 2.45) is 17.4 Å². The summed E-state index contributed by atoms with van der Waals surface area (Å²) in [5.74, 6) is -0.215. The quantitative estimate of drug-likeness (QED) is 0.360. The number of hydrogen-bond donors (Lipinski definition) is 4. The molecule has 0 spiro atoms. The van der Waals surface area contributed by atoms with Crippen LogP contribution in [0.25, 0.3) is 0 Å². The Hall–Kier alpha value is -2.45. The lowest BCUT2D eigenvalue weighted by Gasteiger charge is -2.42. The number of carbonyl (C=O) groups is 3. The van der Waals surface area contributed by atoms with Gasteiger partial charge in [0.2, 0.25) is 11.8 Å². The highest BCUT2D eigenvalue weighted by atomic mass is 16.2. The Labute approximate surface area is 189 Å². The van der Waals surface area contributed by atoms with Crippen LogP contribution in [0, 0.1) is 5.92 Å². The van der Waals surface area contributed by atoms with E-state index >= 15 is 0 Å². The fraction of sp³-hybridized carbons (Fsp3) is 0.625. The van der Waals surface area contributed by atoms with Crippen LogP contribution < -0.4 is 22.1 Å². The van der Waals surface area contributed by atoms with Crippen LogP contribution in [0.1, 0.15) is 73.7 Å². The Morgan fingerprint density at radius 3 is 2.56 bits per heavy atom. The fourth-order valence-electron chi connectivity index (χ4n) is 5.50. The Bertz CT molecular complexity index is 873. The largest absolute Gasteiger partial charge is 0.379 e. The predicted molar refractivity (Wildman–Crippen MR) is 123 cm³/mol. The molecule has 0 bridgehead atoms. The van der Waals surface area contributed by atoms with Gasteiger partial charge in [-0.15, -0.1) is 0 Å². The van der Waals surface area contributed by atoms with Gasteiger partial charge in [0.1, 0.15) is 6.04 Å². The van der Waals surface area contributed by atoms with Crippen molar-refractivity contribution in [3.63, 3.8) is 0 Å². The zero-order valence-electron chi connectivity index (χ0n) is 18.7. The maximum Gasteiger partial charge on any atom is 0.255 e. The number of rotatable bonds is 8. The second-order valence-electron chi connectivity index (χ2n) is 9.56. The van der Waals surface area contributed by atoms with E-state index in [0.29, 0.717) is 31.0 Å². The van der Waals surface area contributed by atoms with E-state index in [-0.39, 0.29) is 29.7 Å². The normalized spacial score (nSPS) is 27.9. The van der Waals surface area contributed by atoms with E-state index in [0.717, 1.165) is 62.7 Å². The second kappa shape index (κ2) is 9.58. The molecule has 3 aliphatic rings. The molecule has 8 nitrogen and oxygen atoms in total. The second-order valence-corrected chi connectivity index (χ2v) is 9.56. The minimum Gasteiger partial charge on any atom is -0.379 e. The maximum absolute atomic E-state index is 13.1. The third-order valence-electron chi connectivity index (χ3n) is 7.49. The lowest BCUT2D eigenvalue weighted by Crippen LogP contribution is -2.52. The molecule has 1 aromatic rings. The molecule has 8 heteroatoms. The van der Waals surface area contributed by atoms with Gasteiger partial charge in [0.15, 0.2) is 0 Å². The van der Waals surface area contributed by atoms with Crippen LogP contribution in [0.5, 0.6) is 0 Å². The molecule has 2 aliphatic heterocycles. The summed E-state index contributed by atoms with van der Waals surface area (Å²) in [6.07, 6.45) is 8.03. The van der Waals surface area contributed by atoms with Gasteiger partial charge in [-0.1, -0.05) is 6.07 Å². The number of carbonyl (C=O) groups excluding carboxylic acids is 3. The molecular formula is C24H35N5O3. The van der Waals surface area contributed by atoms with E-state index in [9.17, 15) is 14.4 Å². The van der Waals surface area contributed by atoms with Crippen molar-refractivity contribution in [3.8, 4) is 0 Å². The number of nitrogens with one attached hydrogen (secondary N) is 2. The summed E-state index contributed by atoms with van der Waals surface area (Å²) in [4.78, 5) is 38.7. The molecule has 3 amide bonds. The lowest BCUT2D eigenvalue weighted by atomic mass is 9.73. The Morgan fingerprint density at radius 1 is 1.09 bits per heavy atom. The smallest absolute Gasteiger partial charge is 0.255 e. The van der Waals surface area contributed by atoms with Crippen LogP contribution in [0.3, 0.4) is 0 Å². The van der Waals surface area contributed by atoms with Crippen LogP contribution in [0.2, 0.25) is 0 Å². The highest BCUT2D eigenvalue weighted by Crippen LogP contribution is 2.40. The molecule has 2 heterocycles. The average molecular weight is 442 g/mol. The number of nitrogens with two attached hydrogens (primary N) is 2. The molecule has 1 atom stereocenters. The van der Waals surface area contributed by atoms with E-state index in [4.69, 9.17) is 11.5 Å².